The molecular weight excluding hydrogens is 158 g/mol. The largest absolute Gasteiger partial charge is 0.478 e. The van der Waals surface area contributed by atoms with E-state index in [1.54, 1.807) is 13.0 Å². The van der Waals surface area contributed by atoms with Crippen LogP contribution in [0.4, 0.5) is 0 Å². The van der Waals surface area contributed by atoms with Crippen molar-refractivity contribution in [2.75, 3.05) is 0 Å². The molecule has 0 aliphatic heterocycles. The lowest BCUT2D eigenvalue weighted by Gasteiger charge is -2.03. The first kappa shape index (κ1) is 8.55. The Hall–Kier alpha value is -1.55. The second-order valence-electron chi connectivity index (χ2n) is 2.40. The first-order chi connectivity index (χ1) is 5.65. The first-order valence-electron chi connectivity index (χ1n) is 3.36. The van der Waals surface area contributed by atoms with Crippen LogP contribution in [-0.4, -0.2) is 11.1 Å². The van der Waals surface area contributed by atoms with E-state index in [4.69, 9.17) is 11.0 Å². The van der Waals surface area contributed by atoms with E-state index in [9.17, 15) is 4.79 Å². The van der Waals surface area contributed by atoms with Crippen molar-refractivity contribution in [2.45, 2.75) is 6.92 Å². The van der Waals surface area contributed by atoms with Crippen molar-refractivity contribution in [3.05, 3.63) is 29.3 Å². The highest BCUT2D eigenvalue weighted by molar-refractivity contribution is 5.88. The third-order valence-electron chi connectivity index (χ3n) is 1.56. The van der Waals surface area contributed by atoms with Gasteiger partial charge in [0, 0.05) is 0 Å². The molecule has 0 amide bonds. The summed E-state index contributed by atoms with van der Waals surface area (Å²) in [5, 5.41) is 8.60. The molecule has 1 aromatic carbocycles. The third kappa shape index (κ3) is 1.54. The fourth-order valence-electron chi connectivity index (χ4n) is 0.860. The van der Waals surface area contributed by atoms with Crippen LogP contribution in [0.1, 0.15) is 15.9 Å². The number of nitrogens with two attached hydrogens (primary N) is 1. The summed E-state index contributed by atoms with van der Waals surface area (Å²) in [6.07, 6.45) is 0. The molecule has 0 aliphatic rings. The fourth-order valence-corrected chi connectivity index (χ4v) is 0.860. The highest BCUT2D eigenvalue weighted by atomic mass is 16.6. The van der Waals surface area contributed by atoms with Gasteiger partial charge in [0.25, 0.3) is 0 Å². The van der Waals surface area contributed by atoms with Gasteiger partial charge >= 0.3 is 5.97 Å². The van der Waals surface area contributed by atoms with E-state index in [2.05, 4.69) is 4.84 Å². The van der Waals surface area contributed by atoms with E-state index >= 15 is 0 Å². The summed E-state index contributed by atoms with van der Waals surface area (Å²) in [7, 11) is 0. The number of benzene rings is 1. The molecule has 0 fully saturated rings. The molecule has 3 N–H and O–H groups in total. The average molecular weight is 167 g/mol. The highest BCUT2D eigenvalue weighted by Crippen LogP contribution is 2.17. The fraction of sp³-hybridized carbons (Fsp3) is 0.125. The Morgan fingerprint density at radius 3 is 2.75 bits per heavy atom. The molecule has 1 aromatic rings. The number of carbonyl (C=O) groups is 1. The van der Waals surface area contributed by atoms with Crippen LogP contribution in [0.3, 0.4) is 0 Å². The summed E-state index contributed by atoms with van der Waals surface area (Å²) >= 11 is 0. The maximum Gasteiger partial charge on any atom is 0.335 e. The minimum Gasteiger partial charge on any atom is -0.478 e. The Morgan fingerprint density at radius 1 is 1.58 bits per heavy atom. The van der Waals surface area contributed by atoms with Crippen LogP contribution in [0, 0.1) is 6.92 Å². The summed E-state index contributed by atoms with van der Waals surface area (Å²) < 4.78 is 0. The lowest BCUT2D eigenvalue weighted by Crippen LogP contribution is -2.05. The molecule has 0 radical (unpaired) electrons. The van der Waals surface area contributed by atoms with Gasteiger partial charge in [-0.3, -0.25) is 0 Å². The van der Waals surface area contributed by atoms with E-state index < -0.39 is 5.97 Å². The molecule has 4 heteroatoms. The Balaban J connectivity index is 3.13. The zero-order valence-electron chi connectivity index (χ0n) is 6.57. The van der Waals surface area contributed by atoms with Crippen LogP contribution in [0.25, 0.3) is 0 Å². The van der Waals surface area contributed by atoms with Gasteiger partial charge in [-0.05, 0) is 24.6 Å². The molecule has 1 rings (SSSR count). The lowest BCUT2D eigenvalue weighted by molar-refractivity contribution is 0.0696. The van der Waals surface area contributed by atoms with Crippen molar-refractivity contribution >= 4 is 5.97 Å². The van der Waals surface area contributed by atoms with E-state index in [-0.39, 0.29) is 5.56 Å². The standard InChI is InChI=1S/C8H9NO3/c1-5-2-3-6(8(10)11)4-7(5)12-9/h2-4H,9H2,1H3,(H,10,11). The van der Waals surface area contributed by atoms with E-state index in [0.29, 0.717) is 5.75 Å². The van der Waals surface area contributed by atoms with Crippen LogP contribution in [0.2, 0.25) is 0 Å². The topological polar surface area (TPSA) is 72.5 Å². The normalized spacial score (nSPS) is 9.50. The predicted octanol–water partition coefficient (Wildman–Crippen LogP) is 0.946. The predicted molar refractivity (Wildman–Crippen MR) is 43.0 cm³/mol. The van der Waals surface area contributed by atoms with Gasteiger partial charge in [0.15, 0.2) is 5.75 Å². The van der Waals surface area contributed by atoms with Crippen molar-refractivity contribution in [1.82, 2.24) is 0 Å². The smallest absolute Gasteiger partial charge is 0.335 e. The Labute approximate surface area is 69.5 Å². The molecule has 4 nitrogen and oxygen atoms in total. The number of hydrogen-bond donors (Lipinski definition) is 2. The van der Waals surface area contributed by atoms with Gasteiger partial charge in [-0.25, -0.2) is 4.79 Å². The molecule has 0 heterocycles. The average Bonchev–Trinajstić information content (AvgIpc) is 2.05. The monoisotopic (exact) mass is 167 g/mol. The summed E-state index contributed by atoms with van der Waals surface area (Å²) in [6, 6.07) is 4.53. The number of carboxylic acids is 1. The van der Waals surface area contributed by atoms with Gasteiger partial charge in [-0.15, -0.1) is 0 Å². The van der Waals surface area contributed by atoms with Crippen LogP contribution >= 0.6 is 0 Å². The minimum absolute atomic E-state index is 0.168. The SMILES string of the molecule is Cc1ccc(C(=O)O)cc1ON. The molecule has 0 unspecified atom stereocenters. The summed E-state index contributed by atoms with van der Waals surface area (Å²) in [6.45, 7) is 1.79. The highest BCUT2D eigenvalue weighted by Gasteiger charge is 2.05. The molecule has 0 saturated carbocycles. The quantitative estimate of drug-likeness (QED) is 0.643. The zero-order chi connectivity index (χ0) is 9.14. The third-order valence-corrected chi connectivity index (χ3v) is 1.56. The number of carboxylic acid groups (broad SMARTS) is 1. The van der Waals surface area contributed by atoms with Crippen LogP contribution in [0.15, 0.2) is 18.2 Å². The van der Waals surface area contributed by atoms with E-state index in [0.717, 1.165) is 5.56 Å². The number of aryl methyl sites for hydroxylation is 1. The zero-order valence-corrected chi connectivity index (χ0v) is 6.57. The van der Waals surface area contributed by atoms with E-state index in [1.165, 1.54) is 12.1 Å². The van der Waals surface area contributed by atoms with Gasteiger partial charge in [0.2, 0.25) is 0 Å². The maximum atomic E-state index is 10.5. The number of rotatable bonds is 2. The molecule has 12 heavy (non-hydrogen) atoms. The van der Waals surface area contributed by atoms with Crippen LogP contribution in [0.5, 0.6) is 5.75 Å². The minimum atomic E-state index is -0.992. The Morgan fingerprint density at radius 2 is 2.25 bits per heavy atom. The summed E-state index contributed by atoms with van der Waals surface area (Å²) in [5.41, 5.74) is 0.976. The second kappa shape index (κ2) is 3.23. The van der Waals surface area contributed by atoms with Gasteiger partial charge in [0.1, 0.15) is 0 Å². The molecule has 64 valence electrons. The van der Waals surface area contributed by atoms with Crippen LogP contribution in [-0.2, 0) is 0 Å². The molecule has 0 bridgehead atoms. The number of aromatic carboxylic acids is 1. The molecule has 0 aliphatic carbocycles. The first-order valence-corrected chi connectivity index (χ1v) is 3.36. The van der Waals surface area contributed by atoms with Crippen molar-refractivity contribution in [3.63, 3.8) is 0 Å². The van der Waals surface area contributed by atoms with Crippen molar-refractivity contribution in [1.29, 1.82) is 0 Å². The molecule has 0 atom stereocenters. The van der Waals surface area contributed by atoms with Gasteiger partial charge in [-0.1, -0.05) is 6.07 Å². The van der Waals surface area contributed by atoms with Crippen molar-refractivity contribution in [2.24, 2.45) is 5.90 Å². The van der Waals surface area contributed by atoms with E-state index in [1.807, 2.05) is 0 Å². The Bertz CT molecular complexity index is 309. The van der Waals surface area contributed by atoms with Gasteiger partial charge in [0.05, 0.1) is 5.56 Å². The second-order valence-corrected chi connectivity index (χ2v) is 2.40. The summed E-state index contributed by atoms with van der Waals surface area (Å²) in [4.78, 5) is 15.0. The van der Waals surface area contributed by atoms with Crippen LogP contribution < -0.4 is 10.7 Å². The molecule has 0 spiro atoms. The number of hydrogen-bond acceptors (Lipinski definition) is 3. The van der Waals surface area contributed by atoms with Gasteiger partial charge < -0.3 is 9.94 Å². The Kier molecular flexibility index (Phi) is 2.30. The maximum absolute atomic E-state index is 10.5. The van der Waals surface area contributed by atoms with Crippen molar-refractivity contribution < 1.29 is 14.7 Å². The molecular formula is C8H9NO3. The lowest BCUT2D eigenvalue weighted by atomic mass is 10.1. The van der Waals surface area contributed by atoms with Crippen molar-refractivity contribution in [3.8, 4) is 5.75 Å². The molecule has 0 saturated heterocycles. The van der Waals surface area contributed by atoms with Gasteiger partial charge in [-0.2, -0.15) is 5.90 Å². The molecule has 0 aromatic heterocycles. The summed E-state index contributed by atoms with van der Waals surface area (Å²) in [5.74, 6) is 4.32.